The quantitative estimate of drug-likeness (QED) is 0.460. The number of amides is 1. The molecule has 1 amide bonds. The molecule has 0 bridgehead atoms. The summed E-state index contributed by atoms with van der Waals surface area (Å²) < 4.78 is 0. The molecule has 1 atom stereocenters. The summed E-state index contributed by atoms with van der Waals surface area (Å²) in [5, 5.41) is 21.0. The number of unbranched alkanes of at least 4 members (excludes halogenated alkanes) is 1. The lowest BCUT2D eigenvalue weighted by Gasteiger charge is -2.13. The van der Waals surface area contributed by atoms with Crippen LogP contribution < -0.4 is 5.32 Å². The van der Waals surface area contributed by atoms with Gasteiger partial charge in [0, 0.05) is 17.4 Å². The van der Waals surface area contributed by atoms with Crippen LogP contribution in [0.3, 0.4) is 0 Å². The number of aliphatic hydroxyl groups excluding tert-OH is 2. The van der Waals surface area contributed by atoms with Gasteiger partial charge in [0.25, 0.3) is 0 Å². The summed E-state index contributed by atoms with van der Waals surface area (Å²) in [7, 11) is 3.91. The highest BCUT2D eigenvalue weighted by molar-refractivity contribution is 8.77. The van der Waals surface area contributed by atoms with Gasteiger partial charge in [-0.05, 0) is 19.3 Å². The fourth-order valence-electron chi connectivity index (χ4n) is 1.67. The van der Waals surface area contributed by atoms with E-state index in [1.165, 1.54) is 18.6 Å². The molecule has 1 rings (SSSR count). The van der Waals surface area contributed by atoms with Gasteiger partial charge in [-0.1, -0.05) is 28.0 Å². The Hall–Kier alpha value is 0.0900. The molecule has 0 radical (unpaired) electrons. The Balaban J connectivity index is 1.99. The molecule has 0 aliphatic carbocycles. The van der Waals surface area contributed by atoms with E-state index in [9.17, 15) is 4.79 Å². The summed E-state index contributed by atoms with van der Waals surface area (Å²) in [6.45, 7) is -0.420. The Labute approximate surface area is 110 Å². The zero-order valence-electron chi connectivity index (χ0n) is 9.93. The first-order valence-electron chi connectivity index (χ1n) is 6.05. The molecule has 1 fully saturated rings. The van der Waals surface area contributed by atoms with Crippen LogP contribution in [0.2, 0.25) is 0 Å². The van der Waals surface area contributed by atoms with E-state index >= 15 is 0 Å². The summed E-state index contributed by atoms with van der Waals surface area (Å²) in [5.74, 6) is 1.18. The van der Waals surface area contributed by atoms with E-state index in [0.29, 0.717) is 6.42 Å². The van der Waals surface area contributed by atoms with Crippen molar-refractivity contribution in [1.82, 2.24) is 5.32 Å². The minimum Gasteiger partial charge on any atom is -0.394 e. The Morgan fingerprint density at radius 3 is 2.71 bits per heavy atom. The van der Waals surface area contributed by atoms with Crippen LogP contribution in [-0.2, 0) is 4.79 Å². The zero-order valence-corrected chi connectivity index (χ0v) is 11.6. The molecule has 1 saturated heterocycles. The lowest BCUT2D eigenvalue weighted by molar-refractivity contribution is -0.122. The van der Waals surface area contributed by atoms with Gasteiger partial charge in [0.1, 0.15) is 0 Å². The third kappa shape index (κ3) is 6.55. The van der Waals surface area contributed by atoms with Gasteiger partial charge in [0.2, 0.25) is 5.91 Å². The maximum absolute atomic E-state index is 11.4. The molecule has 0 aromatic carbocycles. The molecule has 0 aromatic heterocycles. The second-order valence-electron chi connectivity index (χ2n) is 4.20. The van der Waals surface area contributed by atoms with E-state index in [1.807, 2.05) is 21.6 Å². The van der Waals surface area contributed by atoms with E-state index in [1.54, 1.807) is 0 Å². The van der Waals surface area contributed by atoms with Gasteiger partial charge in [-0.3, -0.25) is 4.79 Å². The van der Waals surface area contributed by atoms with Crippen molar-refractivity contribution in [3.8, 4) is 0 Å². The smallest absolute Gasteiger partial charge is 0.220 e. The first kappa shape index (κ1) is 15.1. The molecule has 0 saturated carbocycles. The van der Waals surface area contributed by atoms with Gasteiger partial charge in [-0.2, -0.15) is 0 Å². The van der Waals surface area contributed by atoms with Gasteiger partial charge in [-0.25, -0.2) is 0 Å². The summed E-state index contributed by atoms with van der Waals surface area (Å²) in [5.41, 5.74) is 0. The van der Waals surface area contributed by atoms with Crippen LogP contribution in [0.25, 0.3) is 0 Å². The first-order chi connectivity index (χ1) is 8.26. The molecule has 4 nitrogen and oxygen atoms in total. The maximum atomic E-state index is 11.4. The van der Waals surface area contributed by atoms with Crippen LogP contribution in [0.15, 0.2) is 0 Å². The van der Waals surface area contributed by atoms with Crippen molar-refractivity contribution in [2.75, 3.05) is 19.0 Å². The van der Waals surface area contributed by atoms with Crippen molar-refractivity contribution in [2.45, 2.75) is 43.4 Å². The highest BCUT2D eigenvalue weighted by Crippen LogP contribution is 2.39. The van der Waals surface area contributed by atoms with Crippen molar-refractivity contribution in [3.63, 3.8) is 0 Å². The van der Waals surface area contributed by atoms with Crippen LogP contribution in [0.4, 0.5) is 0 Å². The average molecular weight is 279 g/mol. The van der Waals surface area contributed by atoms with Gasteiger partial charge in [-0.15, -0.1) is 0 Å². The second kappa shape index (κ2) is 9.08. The third-order valence-electron chi connectivity index (χ3n) is 2.71. The largest absolute Gasteiger partial charge is 0.394 e. The van der Waals surface area contributed by atoms with Crippen molar-refractivity contribution >= 4 is 27.5 Å². The highest BCUT2D eigenvalue weighted by Gasteiger charge is 2.16. The number of aliphatic hydroxyl groups is 2. The molecule has 1 heterocycles. The van der Waals surface area contributed by atoms with Gasteiger partial charge in [0.15, 0.2) is 0 Å². The summed E-state index contributed by atoms with van der Waals surface area (Å²) >= 11 is 0. The fourth-order valence-corrected chi connectivity index (χ4v) is 4.70. The fraction of sp³-hybridized carbons (Fsp3) is 0.909. The molecular weight excluding hydrogens is 258 g/mol. The average Bonchev–Trinajstić information content (AvgIpc) is 2.84. The standard InChI is InChI=1S/C11H21NO3S2/c13-7-9(8-14)12-11(15)4-2-1-3-10-5-6-16-17-10/h9-10,13-14H,1-8H2,(H,12,15). The highest BCUT2D eigenvalue weighted by atomic mass is 33.1. The molecule has 1 unspecified atom stereocenters. The van der Waals surface area contributed by atoms with E-state index < -0.39 is 6.04 Å². The van der Waals surface area contributed by atoms with E-state index in [4.69, 9.17) is 10.2 Å². The Morgan fingerprint density at radius 2 is 2.12 bits per heavy atom. The van der Waals surface area contributed by atoms with Crippen LogP contribution in [0, 0.1) is 0 Å². The van der Waals surface area contributed by atoms with Gasteiger partial charge in [0.05, 0.1) is 19.3 Å². The minimum absolute atomic E-state index is 0.0773. The number of carbonyl (C=O) groups excluding carboxylic acids is 1. The Morgan fingerprint density at radius 1 is 1.35 bits per heavy atom. The first-order valence-corrected chi connectivity index (χ1v) is 8.43. The zero-order chi connectivity index (χ0) is 12.5. The van der Waals surface area contributed by atoms with Gasteiger partial charge >= 0.3 is 0 Å². The number of carbonyl (C=O) groups is 1. The van der Waals surface area contributed by atoms with Crippen LogP contribution in [-0.4, -0.2) is 46.4 Å². The molecular formula is C11H21NO3S2. The van der Waals surface area contributed by atoms with E-state index in [0.717, 1.165) is 18.1 Å². The number of rotatable bonds is 8. The summed E-state index contributed by atoms with van der Waals surface area (Å²) in [6.07, 6.45) is 4.93. The molecule has 6 heteroatoms. The maximum Gasteiger partial charge on any atom is 0.220 e. The van der Waals surface area contributed by atoms with E-state index in [2.05, 4.69) is 5.32 Å². The number of hydrogen-bond acceptors (Lipinski definition) is 5. The lowest BCUT2D eigenvalue weighted by Crippen LogP contribution is -2.39. The van der Waals surface area contributed by atoms with E-state index in [-0.39, 0.29) is 19.1 Å². The lowest BCUT2D eigenvalue weighted by atomic mass is 10.1. The Bertz CT molecular complexity index is 219. The molecule has 1 aliphatic rings. The Kier molecular flexibility index (Phi) is 8.09. The summed E-state index contributed by atoms with van der Waals surface area (Å²) in [4.78, 5) is 11.4. The van der Waals surface area contributed by atoms with Crippen molar-refractivity contribution < 1.29 is 15.0 Å². The SMILES string of the molecule is O=C(CCCCC1CCSS1)NC(CO)CO. The molecule has 1 aliphatic heterocycles. The van der Waals surface area contributed by atoms with Crippen LogP contribution >= 0.6 is 21.6 Å². The van der Waals surface area contributed by atoms with Crippen molar-refractivity contribution in [3.05, 3.63) is 0 Å². The third-order valence-corrected chi connectivity index (χ3v) is 5.72. The minimum atomic E-state index is -0.510. The van der Waals surface area contributed by atoms with Crippen LogP contribution in [0.1, 0.15) is 32.1 Å². The normalized spacial score (nSPS) is 19.8. The monoisotopic (exact) mass is 279 g/mol. The molecule has 17 heavy (non-hydrogen) atoms. The predicted octanol–water partition coefficient (Wildman–Crippen LogP) is 1.17. The summed E-state index contributed by atoms with van der Waals surface area (Å²) in [6, 6.07) is -0.510. The van der Waals surface area contributed by atoms with Gasteiger partial charge < -0.3 is 15.5 Å². The molecule has 100 valence electrons. The number of nitrogens with one attached hydrogen (secondary N) is 1. The van der Waals surface area contributed by atoms with Crippen LogP contribution in [0.5, 0.6) is 0 Å². The molecule has 0 spiro atoms. The second-order valence-corrected chi connectivity index (χ2v) is 6.99. The van der Waals surface area contributed by atoms with Crippen molar-refractivity contribution in [1.29, 1.82) is 0 Å². The predicted molar refractivity (Wildman–Crippen MR) is 73.0 cm³/mol. The number of hydrogen-bond donors (Lipinski definition) is 3. The molecule has 3 N–H and O–H groups in total. The topological polar surface area (TPSA) is 69.6 Å². The molecule has 0 aromatic rings. The van der Waals surface area contributed by atoms with Crippen molar-refractivity contribution in [2.24, 2.45) is 0 Å².